The lowest BCUT2D eigenvalue weighted by molar-refractivity contribution is -0.668. The summed E-state index contributed by atoms with van der Waals surface area (Å²) < 4.78 is 37.1. The largest absolute Gasteiger partial charge is 0.356 e. The third-order valence-corrected chi connectivity index (χ3v) is 8.49. The van der Waals surface area contributed by atoms with Gasteiger partial charge in [-0.15, -0.1) is 0 Å². The highest BCUT2D eigenvalue weighted by atomic mass is 32.2. The highest BCUT2D eigenvalue weighted by Crippen LogP contribution is 2.32. The number of fused-ring (bicyclic) bond motifs is 1. The fourth-order valence-corrected chi connectivity index (χ4v) is 6.43. The Morgan fingerprint density at radius 3 is 2.50 bits per heavy atom. The summed E-state index contributed by atoms with van der Waals surface area (Å²) in [5.41, 5.74) is 4.17. The first-order chi connectivity index (χ1) is 17.4. The monoisotopic (exact) mass is 523 g/mol. The SMILES string of the molecule is Cc1nn(-c2ccccc2)c(N2CCCCC2)c1C=Cc1sc2ccccc2[n+]1CCCS(=O)(=O)O. The van der Waals surface area contributed by atoms with Crippen molar-refractivity contribution < 1.29 is 17.5 Å². The molecule has 1 aliphatic rings. The minimum atomic E-state index is -3.99. The number of nitrogens with zero attached hydrogens (tertiary/aromatic N) is 4. The number of benzene rings is 2. The molecule has 2 aromatic heterocycles. The number of aryl methyl sites for hydroxylation is 2. The third-order valence-electron chi connectivity index (χ3n) is 6.55. The first-order valence-corrected chi connectivity index (χ1v) is 14.8. The molecule has 0 atom stereocenters. The van der Waals surface area contributed by atoms with Crippen molar-refractivity contribution in [3.05, 3.63) is 70.9 Å². The molecule has 0 amide bonds. The highest BCUT2D eigenvalue weighted by molar-refractivity contribution is 7.85. The quantitative estimate of drug-likeness (QED) is 0.256. The van der Waals surface area contributed by atoms with Crippen LogP contribution in [0.3, 0.4) is 0 Å². The number of thiazole rings is 1. The zero-order valence-corrected chi connectivity index (χ0v) is 22.0. The van der Waals surface area contributed by atoms with E-state index in [-0.39, 0.29) is 5.75 Å². The second-order valence-electron chi connectivity index (χ2n) is 9.15. The van der Waals surface area contributed by atoms with Crippen LogP contribution in [-0.2, 0) is 16.7 Å². The minimum Gasteiger partial charge on any atom is -0.356 e. The van der Waals surface area contributed by atoms with Gasteiger partial charge in [0.15, 0.2) is 6.54 Å². The van der Waals surface area contributed by atoms with Gasteiger partial charge in [-0.25, -0.2) is 4.68 Å². The number of anilines is 1. The molecule has 0 aliphatic carbocycles. The fraction of sp³-hybridized carbons (Fsp3) is 0.333. The zero-order chi connectivity index (χ0) is 25.1. The van der Waals surface area contributed by atoms with Crippen LogP contribution in [0.4, 0.5) is 5.82 Å². The van der Waals surface area contributed by atoms with E-state index in [0.29, 0.717) is 13.0 Å². The molecule has 1 fully saturated rings. The second kappa shape index (κ2) is 10.5. The summed E-state index contributed by atoms with van der Waals surface area (Å²) in [5, 5.41) is 5.97. The maximum atomic E-state index is 11.3. The van der Waals surface area contributed by atoms with Crippen LogP contribution in [0.25, 0.3) is 28.1 Å². The molecule has 5 rings (SSSR count). The van der Waals surface area contributed by atoms with Gasteiger partial charge in [0.25, 0.3) is 15.1 Å². The molecule has 4 aromatic rings. The van der Waals surface area contributed by atoms with Gasteiger partial charge in [-0.05, 0) is 50.5 Å². The Bertz CT molecular complexity index is 1480. The Balaban J connectivity index is 1.55. The molecule has 1 N–H and O–H groups in total. The van der Waals surface area contributed by atoms with Crippen LogP contribution in [0.2, 0.25) is 0 Å². The molecule has 0 unspecified atom stereocenters. The lowest BCUT2D eigenvalue weighted by Crippen LogP contribution is -2.36. The van der Waals surface area contributed by atoms with Gasteiger partial charge in [-0.1, -0.05) is 41.7 Å². The van der Waals surface area contributed by atoms with E-state index in [4.69, 9.17) is 5.10 Å². The van der Waals surface area contributed by atoms with Crippen LogP contribution in [0.1, 0.15) is 41.9 Å². The molecule has 7 nitrogen and oxygen atoms in total. The molecular weight excluding hydrogens is 492 g/mol. The average molecular weight is 524 g/mol. The van der Waals surface area contributed by atoms with E-state index >= 15 is 0 Å². The molecule has 188 valence electrons. The number of aromatic nitrogens is 3. The van der Waals surface area contributed by atoms with Crippen LogP contribution in [-0.4, -0.2) is 41.6 Å². The van der Waals surface area contributed by atoms with Gasteiger partial charge in [0.1, 0.15) is 10.5 Å². The van der Waals surface area contributed by atoms with Crippen molar-refractivity contribution in [2.45, 2.75) is 39.2 Å². The van der Waals surface area contributed by atoms with Crippen molar-refractivity contribution in [2.24, 2.45) is 0 Å². The number of hydrogen-bond donors (Lipinski definition) is 1. The number of para-hydroxylation sites is 2. The van der Waals surface area contributed by atoms with Crippen LogP contribution in [0, 0.1) is 6.92 Å². The molecule has 9 heteroatoms. The van der Waals surface area contributed by atoms with Crippen molar-refractivity contribution in [1.82, 2.24) is 9.78 Å². The predicted molar refractivity (Wildman–Crippen MR) is 146 cm³/mol. The lowest BCUT2D eigenvalue weighted by Gasteiger charge is -2.29. The van der Waals surface area contributed by atoms with Gasteiger partial charge in [-0.2, -0.15) is 18.1 Å². The van der Waals surface area contributed by atoms with Crippen LogP contribution in [0.5, 0.6) is 0 Å². The summed E-state index contributed by atoms with van der Waals surface area (Å²) in [6, 6.07) is 18.4. The van der Waals surface area contributed by atoms with E-state index in [1.807, 2.05) is 30.3 Å². The molecular formula is C27H31N4O3S2+. The van der Waals surface area contributed by atoms with Crippen molar-refractivity contribution in [1.29, 1.82) is 0 Å². The Hall–Kier alpha value is -3.01. The first-order valence-electron chi connectivity index (χ1n) is 12.4. The number of rotatable bonds is 8. The molecule has 0 bridgehead atoms. The molecule has 0 spiro atoms. The summed E-state index contributed by atoms with van der Waals surface area (Å²) in [7, 11) is -3.99. The topological polar surface area (TPSA) is 79.3 Å². The maximum absolute atomic E-state index is 11.3. The Morgan fingerprint density at radius 1 is 1.03 bits per heavy atom. The van der Waals surface area contributed by atoms with Crippen molar-refractivity contribution in [3.8, 4) is 5.69 Å². The van der Waals surface area contributed by atoms with Crippen LogP contribution < -0.4 is 9.47 Å². The van der Waals surface area contributed by atoms with E-state index in [9.17, 15) is 13.0 Å². The van der Waals surface area contributed by atoms with Crippen LogP contribution >= 0.6 is 11.3 Å². The summed E-state index contributed by atoms with van der Waals surface area (Å²) >= 11 is 1.67. The molecule has 3 heterocycles. The zero-order valence-electron chi connectivity index (χ0n) is 20.4. The minimum absolute atomic E-state index is 0.255. The maximum Gasteiger partial charge on any atom is 0.265 e. The Labute approximate surface area is 216 Å². The fourth-order valence-electron chi connectivity index (χ4n) is 4.85. The van der Waals surface area contributed by atoms with E-state index in [0.717, 1.165) is 51.1 Å². The average Bonchev–Trinajstić information content (AvgIpc) is 3.40. The smallest absolute Gasteiger partial charge is 0.265 e. The van der Waals surface area contributed by atoms with Crippen molar-refractivity contribution >= 4 is 49.6 Å². The molecule has 0 radical (unpaired) electrons. The van der Waals surface area contributed by atoms with Crippen LogP contribution in [0.15, 0.2) is 54.6 Å². The molecule has 1 aliphatic heterocycles. The molecule has 1 saturated heterocycles. The standard InChI is InChI=1S/C27H30N4O3S2/c1-21-23(27(29-17-8-3-9-18-29)31(28-21)22-11-4-2-5-12-22)15-16-26-30(19-10-20-36(32,33)34)24-13-6-7-14-25(24)35-26/h2,4-7,11-16H,3,8-10,17-20H2,1H3/p+1. The Morgan fingerprint density at radius 2 is 1.75 bits per heavy atom. The van der Waals surface area contributed by atoms with E-state index in [1.165, 1.54) is 19.3 Å². The summed E-state index contributed by atoms with van der Waals surface area (Å²) in [5.74, 6) is 0.865. The van der Waals surface area contributed by atoms with Gasteiger partial charge in [-0.3, -0.25) is 4.55 Å². The number of piperidine rings is 1. The van der Waals surface area contributed by atoms with Crippen molar-refractivity contribution in [2.75, 3.05) is 23.7 Å². The van der Waals surface area contributed by atoms with Gasteiger partial charge in [0.05, 0.1) is 17.1 Å². The summed E-state index contributed by atoms with van der Waals surface area (Å²) in [6.07, 6.45) is 8.21. The van der Waals surface area contributed by atoms with E-state index in [2.05, 4.69) is 57.5 Å². The molecule has 0 saturated carbocycles. The van der Waals surface area contributed by atoms with Gasteiger partial charge in [0.2, 0.25) is 5.52 Å². The Kier molecular flexibility index (Phi) is 7.22. The summed E-state index contributed by atoms with van der Waals surface area (Å²) in [4.78, 5) is 2.45. The van der Waals surface area contributed by atoms with Gasteiger partial charge >= 0.3 is 0 Å². The normalized spacial score (nSPS) is 14.8. The first kappa shape index (κ1) is 24.7. The predicted octanol–water partition coefficient (Wildman–Crippen LogP) is 5.12. The van der Waals surface area contributed by atoms with Crippen molar-refractivity contribution in [3.63, 3.8) is 0 Å². The van der Waals surface area contributed by atoms with E-state index < -0.39 is 10.1 Å². The molecule has 36 heavy (non-hydrogen) atoms. The van der Waals surface area contributed by atoms with Gasteiger partial charge < -0.3 is 4.90 Å². The van der Waals surface area contributed by atoms with E-state index in [1.54, 1.807) is 11.3 Å². The number of hydrogen-bond acceptors (Lipinski definition) is 5. The third kappa shape index (κ3) is 5.38. The molecule has 2 aromatic carbocycles. The second-order valence-corrected chi connectivity index (χ2v) is 11.8. The summed E-state index contributed by atoms with van der Waals surface area (Å²) in [6.45, 7) is 4.58. The highest BCUT2D eigenvalue weighted by Gasteiger charge is 2.24. The van der Waals surface area contributed by atoms with Gasteiger partial charge in [0, 0.05) is 37.2 Å². The lowest BCUT2D eigenvalue weighted by atomic mass is 10.1.